The van der Waals surface area contributed by atoms with Gasteiger partial charge in [-0.15, -0.1) is 0 Å². The van der Waals surface area contributed by atoms with Gasteiger partial charge in [0.05, 0.1) is 6.10 Å². The van der Waals surface area contributed by atoms with E-state index in [-0.39, 0.29) is 12.0 Å². The fourth-order valence-electron chi connectivity index (χ4n) is 4.25. The zero-order chi connectivity index (χ0) is 18.2. The van der Waals surface area contributed by atoms with Crippen molar-refractivity contribution in [1.82, 2.24) is 5.32 Å². The van der Waals surface area contributed by atoms with Gasteiger partial charge in [-0.3, -0.25) is 4.79 Å². The molecule has 0 aromatic heterocycles. The standard InChI is InChI=1S/C19H33NO4/c1-6-24-14-12-19(16(22)23,18(14,4)5)20-15(21)11-13-7-9-17(2,3)10-8-13/h13-14H,6-12H2,1-5H3,(H,20,21)(H,22,23). The molecule has 0 aromatic rings. The van der Waals surface area contributed by atoms with Crippen LogP contribution in [0, 0.1) is 16.7 Å². The fourth-order valence-corrected chi connectivity index (χ4v) is 4.25. The molecule has 1 amide bonds. The molecule has 2 fully saturated rings. The molecule has 0 spiro atoms. The number of hydrogen-bond acceptors (Lipinski definition) is 3. The van der Waals surface area contributed by atoms with Gasteiger partial charge in [0, 0.05) is 24.9 Å². The SMILES string of the molecule is CCOC1CC(NC(=O)CC2CCC(C)(C)CC2)(C(=O)O)C1(C)C. The highest BCUT2D eigenvalue weighted by Crippen LogP contribution is 2.51. The van der Waals surface area contributed by atoms with E-state index in [0.717, 1.165) is 25.7 Å². The maximum absolute atomic E-state index is 12.5. The third kappa shape index (κ3) is 3.46. The van der Waals surface area contributed by atoms with Gasteiger partial charge in [-0.05, 0) is 43.9 Å². The van der Waals surface area contributed by atoms with E-state index in [2.05, 4.69) is 19.2 Å². The molecular weight excluding hydrogens is 306 g/mol. The summed E-state index contributed by atoms with van der Waals surface area (Å²) in [6.07, 6.45) is 5.00. The Hall–Kier alpha value is -1.10. The van der Waals surface area contributed by atoms with Crippen LogP contribution in [0.15, 0.2) is 0 Å². The molecule has 24 heavy (non-hydrogen) atoms. The average Bonchev–Trinajstić information content (AvgIpc) is 2.47. The Morgan fingerprint density at radius 2 is 1.75 bits per heavy atom. The van der Waals surface area contributed by atoms with Gasteiger partial charge in [-0.25, -0.2) is 4.79 Å². The molecule has 2 atom stereocenters. The molecule has 2 aliphatic carbocycles. The van der Waals surface area contributed by atoms with Crippen molar-refractivity contribution in [2.45, 2.75) is 84.8 Å². The Morgan fingerprint density at radius 3 is 2.21 bits per heavy atom. The first-order valence-electron chi connectivity index (χ1n) is 9.20. The van der Waals surface area contributed by atoms with Crippen molar-refractivity contribution < 1.29 is 19.4 Å². The number of ether oxygens (including phenoxy) is 1. The topological polar surface area (TPSA) is 75.6 Å². The molecule has 0 saturated heterocycles. The van der Waals surface area contributed by atoms with Gasteiger partial charge in [-0.2, -0.15) is 0 Å². The van der Waals surface area contributed by atoms with Gasteiger partial charge in [-0.1, -0.05) is 27.7 Å². The number of carboxylic acids is 1. The third-order valence-corrected chi connectivity index (χ3v) is 6.42. The number of amides is 1. The summed E-state index contributed by atoms with van der Waals surface area (Å²) in [5, 5.41) is 12.6. The maximum Gasteiger partial charge on any atom is 0.330 e. The summed E-state index contributed by atoms with van der Waals surface area (Å²) < 4.78 is 5.64. The van der Waals surface area contributed by atoms with E-state index < -0.39 is 16.9 Å². The van der Waals surface area contributed by atoms with Gasteiger partial charge < -0.3 is 15.2 Å². The lowest BCUT2D eigenvalue weighted by molar-refractivity contribution is -0.194. The van der Waals surface area contributed by atoms with Crippen molar-refractivity contribution in [3.8, 4) is 0 Å². The number of nitrogens with one attached hydrogen (secondary N) is 1. The van der Waals surface area contributed by atoms with Crippen LogP contribution in [0.3, 0.4) is 0 Å². The average molecular weight is 339 g/mol. The van der Waals surface area contributed by atoms with Gasteiger partial charge in [0.15, 0.2) is 0 Å². The first-order valence-corrected chi connectivity index (χ1v) is 9.20. The minimum atomic E-state index is -1.21. The molecule has 2 N–H and O–H groups in total. The summed E-state index contributed by atoms with van der Waals surface area (Å²) in [6, 6.07) is 0. The molecular formula is C19H33NO4. The maximum atomic E-state index is 12.5. The lowest BCUT2D eigenvalue weighted by Gasteiger charge is -2.58. The first-order chi connectivity index (χ1) is 11.0. The van der Waals surface area contributed by atoms with E-state index in [0.29, 0.717) is 30.8 Å². The Labute approximate surface area is 145 Å². The quantitative estimate of drug-likeness (QED) is 0.778. The molecule has 2 rings (SSSR count). The van der Waals surface area contributed by atoms with Crippen LogP contribution >= 0.6 is 0 Å². The van der Waals surface area contributed by atoms with Crippen molar-refractivity contribution >= 4 is 11.9 Å². The highest BCUT2D eigenvalue weighted by atomic mass is 16.5. The van der Waals surface area contributed by atoms with E-state index in [1.54, 1.807) is 0 Å². The number of hydrogen-bond donors (Lipinski definition) is 2. The van der Waals surface area contributed by atoms with Crippen molar-refractivity contribution in [2.24, 2.45) is 16.7 Å². The lowest BCUT2D eigenvalue weighted by Crippen LogP contribution is -2.76. The minimum absolute atomic E-state index is 0.130. The second-order valence-electron chi connectivity index (χ2n) is 8.94. The van der Waals surface area contributed by atoms with Crippen LogP contribution in [-0.2, 0) is 14.3 Å². The Balaban J connectivity index is 1.97. The van der Waals surface area contributed by atoms with Crippen LogP contribution in [0.4, 0.5) is 0 Å². The van der Waals surface area contributed by atoms with Crippen LogP contribution in [0.1, 0.15) is 73.1 Å². The predicted octanol–water partition coefficient (Wildman–Crippen LogP) is 3.37. The first kappa shape index (κ1) is 19.2. The largest absolute Gasteiger partial charge is 0.479 e. The molecule has 5 nitrogen and oxygen atoms in total. The summed E-state index contributed by atoms with van der Waals surface area (Å²) in [7, 11) is 0. The predicted molar refractivity (Wildman–Crippen MR) is 92.7 cm³/mol. The minimum Gasteiger partial charge on any atom is -0.479 e. The smallest absolute Gasteiger partial charge is 0.330 e. The van der Waals surface area contributed by atoms with E-state index in [1.807, 2.05) is 20.8 Å². The van der Waals surface area contributed by atoms with Crippen molar-refractivity contribution in [1.29, 1.82) is 0 Å². The van der Waals surface area contributed by atoms with Crippen LogP contribution < -0.4 is 5.32 Å². The molecule has 5 heteroatoms. The second-order valence-corrected chi connectivity index (χ2v) is 8.94. The molecule has 0 radical (unpaired) electrons. The number of carbonyl (C=O) groups is 2. The van der Waals surface area contributed by atoms with Crippen LogP contribution in [-0.4, -0.2) is 35.2 Å². The normalized spacial score (nSPS) is 32.0. The molecule has 2 saturated carbocycles. The molecule has 2 aliphatic rings. The fraction of sp³-hybridized carbons (Fsp3) is 0.895. The van der Waals surface area contributed by atoms with Gasteiger partial charge in [0.1, 0.15) is 5.54 Å². The van der Waals surface area contributed by atoms with Crippen LogP contribution in [0.25, 0.3) is 0 Å². The molecule has 0 aliphatic heterocycles. The van der Waals surface area contributed by atoms with Gasteiger partial charge in [0.2, 0.25) is 5.91 Å². The van der Waals surface area contributed by atoms with Crippen molar-refractivity contribution in [3.05, 3.63) is 0 Å². The van der Waals surface area contributed by atoms with Crippen molar-refractivity contribution in [3.63, 3.8) is 0 Å². The molecule has 0 bridgehead atoms. The molecule has 0 heterocycles. The van der Waals surface area contributed by atoms with E-state index >= 15 is 0 Å². The highest BCUT2D eigenvalue weighted by Gasteiger charge is 2.66. The third-order valence-electron chi connectivity index (χ3n) is 6.42. The Bertz CT molecular complexity index is 490. The van der Waals surface area contributed by atoms with Gasteiger partial charge >= 0.3 is 5.97 Å². The van der Waals surface area contributed by atoms with E-state index in [1.165, 1.54) is 0 Å². The summed E-state index contributed by atoms with van der Waals surface area (Å²) >= 11 is 0. The number of rotatable bonds is 6. The Morgan fingerprint density at radius 1 is 1.17 bits per heavy atom. The van der Waals surface area contributed by atoms with Crippen LogP contribution in [0.5, 0.6) is 0 Å². The summed E-state index contributed by atoms with van der Waals surface area (Å²) in [5.41, 5.74) is -1.45. The molecule has 138 valence electrons. The zero-order valence-electron chi connectivity index (χ0n) is 15.8. The summed E-state index contributed by atoms with van der Waals surface area (Å²) in [4.78, 5) is 24.4. The monoisotopic (exact) mass is 339 g/mol. The summed E-state index contributed by atoms with van der Waals surface area (Å²) in [5.74, 6) is -0.721. The summed E-state index contributed by atoms with van der Waals surface area (Å²) in [6.45, 7) is 10.7. The number of carbonyl (C=O) groups excluding carboxylic acids is 1. The molecule has 0 aromatic carbocycles. The zero-order valence-corrected chi connectivity index (χ0v) is 15.8. The van der Waals surface area contributed by atoms with E-state index in [9.17, 15) is 14.7 Å². The number of aliphatic carboxylic acids is 1. The second kappa shape index (κ2) is 6.66. The Kier molecular flexibility index (Phi) is 5.34. The number of carboxylic acid groups (broad SMARTS) is 1. The van der Waals surface area contributed by atoms with Crippen molar-refractivity contribution in [2.75, 3.05) is 6.61 Å². The molecule has 2 unspecified atom stereocenters. The van der Waals surface area contributed by atoms with E-state index in [4.69, 9.17) is 4.74 Å². The van der Waals surface area contributed by atoms with Gasteiger partial charge in [0.25, 0.3) is 0 Å². The lowest BCUT2D eigenvalue weighted by atomic mass is 9.54. The van der Waals surface area contributed by atoms with Crippen LogP contribution in [0.2, 0.25) is 0 Å². The highest BCUT2D eigenvalue weighted by molar-refractivity contribution is 5.89.